The third-order valence-electron chi connectivity index (χ3n) is 6.57. The first kappa shape index (κ1) is 23.4. The molecule has 5 aromatic rings. The van der Waals surface area contributed by atoms with E-state index in [1.54, 1.807) is 0 Å². The zero-order valence-electron chi connectivity index (χ0n) is 21.1. The van der Waals surface area contributed by atoms with Gasteiger partial charge in [-0.15, -0.1) is 0 Å². The van der Waals surface area contributed by atoms with E-state index in [2.05, 4.69) is 38.6 Å². The molecule has 0 saturated heterocycles. The molecule has 0 bridgehead atoms. The van der Waals surface area contributed by atoms with Crippen molar-refractivity contribution in [2.45, 2.75) is 6.92 Å². The van der Waals surface area contributed by atoms with Crippen LogP contribution in [-0.4, -0.2) is 29.9 Å². The molecule has 0 unspecified atom stereocenters. The van der Waals surface area contributed by atoms with Gasteiger partial charge in [0.15, 0.2) is 11.5 Å². The number of hydrogen-bond acceptors (Lipinski definition) is 5. The number of rotatable bonds is 6. The summed E-state index contributed by atoms with van der Waals surface area (Å²) in [5, 5.41) is 11.7. The minimum atomic E-state index is -0.131. The molecule has 7 heteroatoms. The van der Waals surface area contributed by atoms with Crippen LogP contribution in [0.4, 0.5) is 17.1 Å². The highest BCUT2D eigenvalue weighted by Gasteiger charge is 2.13. The van der Waals surface area contributed by atoms with Gasteiger partial charge in [0.25, 0.3) is 5.91 Å². The van der Waals surface area contributed by atoms with Crippen molar-refractivity contribution >= 4 is 46.0 Å². The van der Waals surface area contributed by atoms with Crippen LogP contribution >= 0.6 is 0 Å². The number of nitrogens with zero attached hydrogens (tertiary/aromatic N) is 2. The summed E-state index contributed by atoms with van der Waals surface area (Å²) in [6, 6.07) is 27.4. The smallest absolute Gasteiger partial charge is 0.255 e. The molecule has 1 aromatic heterocycles. The molecule has 0 atom stereocenters. The first-order valence-corrected chi connectivity index (χ1v) is 12.3. The summed E-state index contributed by atoms with van der Waals surface area (Å²) in [5.74, 6) is 1.39. The van der Waals surface area contributed by atoms with Gasteiger partial charge in [0, 0.05) is 35.1 Å². The number of aryl methyl sites for hydroxylation is 1. The minimum absolute atomic E-state index is 0.131. The fraction of sp³-hybridized carbons (Fsp3) is 0.0968. The lowest BCUT2D eigenvalue weighted by Gasteiger charge is -2.20. The predicted octanol–water partition coefficient (Wildman–Crippen LogP) is 6.79. The van der Waals surface area contributed by atoms with Gasteiger partial charge >= 0.3 is 0 Å². The topological polar surface area (TPSA) is 79.5 Å². The first-order chi connectivity index (χ1) is 18.5. The number of ether oxygens (including phenoxy) is 2. The number of benzene rings is 4. The van der Waals surface area contributed by atoms with Gasteiger partial charge in [0.2, 0.25) is 6.79 Å². The van der Waals surface area contributed by atoms with Crippen LogP contribution in [-0.2, 0) is 0 Å². The van der Waals surface area contributed by atoms with Gasteiger partial charge in [-0.2, -0.15) is 5.10 Å². The molecule has 0 saturated carbocycles. The second-order valence-electron chi connectivity index (χ2n) is 9.22. The van der Waals surface area contributed by atoms with Crippen LogP contribution in [0, 0.1) is 6.92 Å². The number of aromatic nitrogens is 2. The lowest BCUT2D eigenvalue weighted by atomic mass is 10.1. The summed E-state index contributed by atoms with van der Waals surface area (Å²) in [7, 11) is 2.00. The number of anilines is 3. The molecule has 0 fully saturated rings. The van der Waals surface area contributed by atoms with E-state index in [0.717, 1.165) is 56.3 Å². The molecule has 6 rings (SSSR count). The van der Waals surface area contributed by atoms with Gasteiger partial charge < -0.3 is 19.7 Å². The Kier molecular flexibility index (Phi) is 6.01. The second-order valence-corrected chi connectivity index (χ2v) is 9.22. The third-order valence-corrected chi connectivity index (χ3v) is 6.57. The van der Waals surface area contributed by atoms with Gasteiger partial charge in [-0.1, -0.05) is 35.9 Å². The Morgan fingerprint density at radius 2 is 1.76 bits per heavy atom. The molecule has 0 spiro atoms. The Morgan fingerprint density at radius 3 is 2.66 bits per heavy atom. The minimum Gasteiger partial charge on any atom is -0.454 e. The Hall–Kier alpha value is -5.04. The maximum absolute atomic E-state index is 12.7. The summed E-state index contributed by atoms with van der Waals surface area (Å²) in [6.07, 6.45) is 3.99. The fourth-order valence-electron chi connectivity index (χ4n) is 4.49. The Labute approximate surface area is 220 Å². The van der Waals surface area contributed by atoms with E-state index < -0.39 is 0 Å². The van der Waals surface area contributed by atoms with Gasteiger partial charge in [-0.25, -0.2) is 0 Å². The fourth-order valence-corrected chi connectivity index (χ4v) is 4.49. The zero-order valence-corrected chi connectivity index (χ0v) is 21.1. The molecule has 1 amide bonds. The van der Waals surface area contributed by atoms with Crippen molar-refractivity contribution in [2.75, 3.05) is 24.1 Å². The van der Waals surface area contributed by atoms with E-state index in [4.69, 9.17) is 9.47 Å². The van der Waals surface area contributed by atoms with E-state index in [9.17, 15) is 4.79 Å². The number of H-pyrrole nitrogens is 1. The molecule has 1 aliphatic rings. The molecule has 38 heavy (non-hydrogen) atoms. The lowest BCUT2D eigenvalue weighted by molar-refractivity contribution is 0.102. The molecule has 7 nitrogen and oxygen atoms in total. The number of carbonyl (C=O) groups is 1. The monoisotopic (exact) mass is 502 g/mol. The summed E-state index contributed by atoms with van der Waals surface area (Å²) < 4.78 is 10.8. The zero-order chi connectivity index (χ0) is 26.1. The van der Waals surface area contributed by atoms with Crippen molar-refractivity contribution in [2.24, 2.45) is 0 Å². The third kappa shape index (κ3) is 4.69. The number of aromatic amines is 1. The summed E-state index contributed by atoms with van der Waals surface area (Å²) in [4.78, 5) is 14.8. The Morgan fingerprint density at radius 1 is 0.921 bits per heavy atom. The Bertz CT molecular complexity index is 1690. The number of nitrogens with one attached hydrogen (secondary N) is 2. The molecule has 4 aromatic carbocycles. The van der Waals surface area contributed by atoms with Crippen LogP contribution < -0.4 is 19.7 Å². The van der Waals surface area contributed by atoms with E-state index >= 15 is 0 Å². The molecular weight excluding hydrogens is 476 g/mol. The van der Waals surface area contributed by atoms with Crippen molar-refractivity contribution in [3.63, 3.8) is 0 Å². The second kappa shape index (κ2) is 9.78. The van der Waals surface area contributed by atoms with Crippen LogP contribution in [0.5, 0.6) is 11.5 Å². The van der Waals surface area contributed by atoms with Crippen molar-refractivity contribution < 1.29 is 14.3 Å². The van der Waals surface area contributed by atoms with Gasteiger partial charge in [0.1, 0.15) is 0 Å². The molecule has 0 radical (unpaired) electrons. The number of hydrogen-bond donors (Lipinski definition) is 2. The highest BCUT2D eigenvalue weighted by Crippen LogP contribution is 2.33. The van der Waals surface area contributed by atoms with Crippen LogP contribution in [0.2, 0.25) is 0 Å². The summed E-state index contributed by atoms with van der Waals surface area (Å²) >= 11 is 0. The highest BCUT2D eigenvalue weighted by molar-refractivity contribution is 6.04. The highest BCUT2D eigenvalue weighted by atomic mass is 16.7. The quantitative estimate of drug-likeness (QED) is 0.267. The predicted molar refractivity (Wildman–Crippen MR) is 151 cm³/mol. The summed E-state index contributed by atoms with van der Waals surface area (Å²) in [5.41, 5.74) is 7.17. The van der Waals surface area contributed by atoms with E-state index in [1.165, 1.54) is 0 Å². The lowest BCUT2D eigenvalue weighted by Crippen LogP contribution is -2.13. The van der Waals surface area contributed by atoms with Crippen molar-refractivity contribution in [1.82, 2.24) is 10.2 Å². The molecule has 188 valence electrons. The molecule has 2 N–H and O–H groups in total. The normalized spacial score (nSPS) is 12.3. The maximum Gasteiger partial charge on any atom is 0.255 e. The van der Waals surface area contributed by atoms with Gasteiger partial charge in [0.05, 0.1) is 11.2 Å². The van der Waals surface area contributed by atoms with Crippen LogP contribution in [0.15, 0.2) is 84.9 Å². The van der Waals surface area contributed by atoms with E-state index in [1.807, 2.05) is 92.9 Å². The average Bonchev–Trinajstić information content (AvgIpc) is 3.57. The molecule has 1 aliphatic heterocycles. The number of amides is 1. The van der Waals surface area contributed by atoms with Crippen molar-refractivity contribution in [3.05, 3.63) is 107 Å². The van der Waals surface area contributed by atoms with Crippen molar-refractivity contribution in [1.29, 1.82) is 0 Å². The van der Waals surface area contributed by atoms with Crippen molar-refractivity contribution in [3.8, 4) is 11.5 Å². The molecule has 2 heterocycles. The molecular formula is C31H26N4O3. The van der Waals surface area contributed by atoms with E-state index in [0.29, 0.717) is 5.56 Å². The standard InChI is InChI=1S/C31H26N4O3/c1-20-5-3-6-22(15-20)31(36)32-23-7-4-8-24(17-23)35(2)25-11-12-26-27(33-34-28(26)18-25)13-9-21-10-14-29-30(16-21)38-19-37-29/h3-18H,19H2,1-2H3,(H,32,36)(H,33,34)/b13-9+. The first-order valence-electron chi connectivity index (χ1n) is 12.3. The number of fused-ring (bicyclic) bond motifs is 2. The van der Waals surface area contributed by atoms with Crippen LogP contribution in [0.25, 0.3) is 23.1 Å². The largest absolute Gasteiger partial charge is 0.454 e. The Balaban J connectivity index is 1.19. The van der Waals surface area contributed by atoms with Gasteiger partial charge in [-0.3, -0.25) is 9.89 Å². The van der Waals surface area contributed by atoms with Crippen LogP contribution in [0.3, 0.4) is 0 Å². The maximum atomic E-state index is 12.7. The number of carbonyl (C=O) groups excluding carboxylic acids is 1. The molecule has 0 aliphatic carbocycles. The van der Waals surface area contributed by atoms with Gasteiger partial charge in [-0.05, 0) is 79.2 Å². The van der Waals surface area contributed by atoms with Crippen LogP contribution in [0.1, 0.15) is 27.2 Å². The SMILES string of the molecule is Cc1cccc(C(=O)Nc2cccc(N(C)c3ccc4c(/C=C/c5ccc6c(c5)OCO6)n[nH]c4c3)c2)c1. The van der Waals surface area contributed by atoms with E-state index in [-0.39, 0.29) is 12.7 Å². The average molecular weight is 503 g/mol. The summed E-state index contributed by atoms with van der Waals surface area (Å²) in [6.45, 7) is 2.23.